The summed E-state index contributed by atoms with van der Waals surface area (Å²) >= 11 is 0. The molecule has 0 amide bonds. The summed E-state index contributed by atoms with van der Waals surface area (Å²) in [5, 5.41) is 9.00. The number of nitrogens with zero attached hydrogens (tertiary/aromatic N) is 1. The van der Waals surface area contributed by atoms with Gasteiger partial charge in [0.2, 0.25) is 6.20 Å². The van der Waals surface area contributed by atoms with Crippen LogP contribution in [0, 0.1) is 6.42 Å². The molecular weight excluding hydrogens is 300 g/mol. The Morgan fingerprint density at radius 3 is 2.60 bits per heavy atom. The van der Waals surface area contributed by atoms with E-state index in [9.17, 15) is 0 Å². The number of hydrogen-bond donors (Lipinski definition) is 1. The second-order valence-corrected chi connectivity index (χ2v) is 1.76. The normalized spacial score (nSPS) is 8.10. The fourth-order valence-corrected chi connectivity index (χ4v) is 0.676. The van der Waals surface area contributed by atoms with E-state index in [1.54, 1.807) is 12.3 Å². The van der Waals surface area contributed by atoms with Crippen molar-refractivity contribution >= 4 is 0 Å². The third-order valence-electron chi connectivity index (χ3n) is 1.17. The van der Waals surface area contributed by atoms with Gasteiger partial charge in [0.15, 0.2) is 0 Å². The van der Waals surface area contributed by atoms with Gasteiger partial charge in [-0.15, -0.1) is 19.1 Å². The predicted molar refractivity (Wildman–Crippen MR) is 32.9 cm³/mol. The molecule has 0 spiro atoms. The van der Waals surface area contributed by atoms with Crippen molar-refractivity contribution in [1.29, 1.82) is 0 Å². The molecule has 0 aromatic carbocycles. The van der Waals surface area contributed by atoms with Gasteiger partial charge in [-0.05, 0) is 10.8 Å². The fraction of sp³-hybridized carbons (Fsp3) is 0.143. The molecule has 0 fully saturated rings. The zero-order valence-corrected chi connectivity index (χ0v) is 8.37. The molecule has 0 atom stereocenters. The average molecular weight is 309 g/mol. The first kappa shape index (κ1) is 9.48. The zero-order chi connectivity index (χ0) is 6.69. The topological polar surface area (TPSA) is 24.1 Å². The first-order valence-corrected chi connectivity index (χ1v) is 2.84. The van der Waals surface area contributed by atoms with Crippen molar-refractivity contribution in [1.82, 2.24) is 0 Å². The molecule has 10 heavy (non-hydrogen) atoms. The van der Waals surface area contributed by atoms with E-state index in [0.717, 1.165) is 10.4 Å². The molecule has 0 aliphatic heterocycles. The van der Waals surface area contributed by atoms with Crippen molar-refractivity contribution in [3.8, 4) is 0 Å². The summed E-state index contributed by atoms with van der Waals surface area (Å²) in [6.07, 6.45) is 3.43. The van der Waals surface area contributed by atoms with Crippen LogP contribution in [0.1, 0.15) is 12.6 Å². The Hall–Kier alpha value is -0.518. The van der Waals surface area contributed by atoms with E-state index in [-0.39, 0.29) is 20.4 Å². The van der Waals surface area contributed by atoms with Crippen molar-refractivity contribution in [2.75, 3.05) is 0 Å². The quantitative estimate of drug-likeness (QED) is 0.463. The van der Waals surface area contributed by atoms with Gasteiger partial charge in [-0.3, -0.25) is 5.21 Å². The maximum atomic E-state index is 9.00. The van der Waals surface area contributed by atoms with Crippen LogP contribution >= 0.6 is 0 Å². The van der Waals surface area contributed by atoms with Crippen LogP contribution in [0.15, 0.2) is 24.4 Å². The van der Waals surface area contributed by atoms with Crippen LogP contribution in [0.4, 0.5) is 0 Å². The average Bonchev–Trinajstić information content (AvgIpc) is 1.89. The number of pyridine rings is 1. The van der Waals surface area contributed by atoms with Gasteiger partial charge in [0, 0.05) is 20.4 Å². The van der Waals surface area contributed by atoms with Crippen LogP contribution in [-0.4, -0.2) is 5.21 Å². The van der Waals surface area contributed by atoms with Crippen molar-refractivity contribution in [3.63, 3.8) is 0 Å². The van der Waals surface area contributed by atoms with Crippen molar-refractivity contribution in [3.05, 3.63) is 36.5 Å². The first-order chi connectivity index (χ1) is 4.34. The second kappa shape index (κ2) is 4.32. The van der Waals surface area contributed by atoms with E-state index in [2.05, 4.69) is 0 Å². The van der Waals surface area contributed by atoms with Crippen molar-refractivity contribution < 1.29 is 30.4 Å². The van der Waals surface area contributed by atoms with Gasteiger partial charge >= 0.3 is 0 Å². The molecule has 55 valence electrons. The Bertz CT molecular complexity index is 203. The van der Waals surface area contributed by atoms with Gasteiger partial charge in [-0.1, -0.05) is 0 Å². The summed E-state index contributed by atoms with van der Waals surface area (Å²) in [4.78, 5) is 0. The largest absolute Gasteiger partial charge is 0.288 e. The Labute approximate surface area is 74.1 Å². The van der Waals surface area contributed by atoms with Gasteiger partial charge in [-0.2, -0.15) is 6.42 Å². The molecule has 3 heteroatoms. The van der Waals surface area contributed by atoms with Gasteiger partial charge in [0.1, 0.15) is 5.69 Å². The van der Waals surface area contributed by atoms with E-state index in [0.29, 0.717) is 0 Å². The molecule has 1 heterocycles. The Morgan fingerprint density at radius 1 is 1.50 bits per heavy atom. The molecule has 0 saturated carbocycles. The van der Waals surface area contributed by atoms with Gasteiger partial charge in [0.25, 0.3) is 0 Å². The van der Waals surface area contributed by atoms with Gasteiger partial charge in [0.05, 0.1) is 0 Å². The predicted octanol–water partition coefficient (Wildman–Crippen LogP) is 0.781. The van der Waals surface area contributed by atoms with Crippen molar-refractivity contribution in [2.45, 2.75) is 6.92 Å². The van der Waals surface area contributed by atoms with E-state index < -0.39 is 0 Å². The maximum absolute atomic E-state index is 9.00. The molecule has 1 rings (SSSR count). The minimum Gasteiger partial charge on any atom is -0.288 e. The van der Waals surface area contributed by atoms with Gasteiger partial charge < -0.3 is 0 Å². The zero-order valence-electron chi connectivity index (χ0n) is 5.66. The molecule has 0 unspecified atom stereocenters. The first-order valence-electron chi connectivity index (χ1n) is 2.84. The number of rotatable bonds is 1. The molecule has 1 aromatic rings. The van der Waals surface area contributed by atoms with Crippen LogP contribution in [0.2, 0.25) is 0 Å². The Balaban J connectivity index is 0.000000810. The summed E-state index contributed by atoms with van der Waals surface area (Å²) in [5.41, 5.74) is 0.803. The monoisotopic (exact) mass is 310 g/mol. The summed E-state index contributed by atoms with van der Waals surface area (Å²) in [6, 6.07) is 5.48. The molecule has 1 aromatic heterocycles. The fourth-order valence-electron chi connectivity index (χ4n) is 0.676. The standard InChI is InChI=1S/C7H9NO.Re/c1-2-7-5-3-4-6-8(7)9;/h2-6,9H,1H3;. The summed E-state index contributed by atoms with van der Waals surface area (Å²) in [5.74, 6) is 0. The van der Waals surface area contributed by atoms with E-state index in [4.69, 9.17) is 5.21 Å². The summed E-state index contributed by atoms with van der Waals surface area (Å²) < 4.78 is 1.08. The summed E-state index contributed by atoms with van der Waals surface area (Å²) in [6.45, 7) is 1.88. The molecule has 1 N–H and O–H groups in total. The van der Waals surface area contributed by atoms with E-state index in [1.165, 1.54) is 0 Å². The molecule has 0 saturated heterocycles. The third-order valence-corrected chi connectivity index (χ3v) is 1.17. The third kappa shape index (κ3) is 2.02. The SMILES string of the molecule is C[CH-]c1cccc[n+]1O.[Re]. The van der Waals surface area contributed by atoms with Crippen molar-refractivity contribution in [2.24, 2.45) is 0 Å². The van der Waals surface area contributed by atoms with Gasteiger partial charge in [-0.25, -0.2) is 0 Å². The second-order valence-electron chi connectivity index (χ2n) is 1.76. The minimum absolute atomic E-state index is 0. The van der Waals surface area contributed by atoms with E-state index in [1.807, 2.05) is 25.5 Å². The number of aromatic nitrogens is 1. The smallest absolute Gasteiger partial charge is 0.217 e. The number of hydrogen-bond acceptors (Lipinski definition) is 1. The molecule has 0 aliphatic carbocycles. The molecule has 2 nitrogen and oxygen atoms in total. The maximum Gasteiger partial charge on any atom is 0.217 e. The summed E-state index contributed by atoms with van der Waals surface area (Å²) in [7, 11) is 0. The molecule has 0 aliphatic rings. The van der Waals surface area contributed by atoms with Crippen LogP contribution in [0.5, 0.6) is 0 Å². The molecular formula is C7H9NORe. The van der Waals surface area contributed by atoms with Crippen LogP contribution in [-0.2, 0) is 20.4 Å². The Kier molecular flexibility index (Phi) is 4.10. The Morgan fingerprint density at radius 2 is 2.20 bits per heavy atom. The van der Waals surface area contributed by atoms with Crippen LogP contribution in [0.3, 0.4) is 0 Å². The molecule has 1 radical (unpaired) electrons. The minimum atomic E-state index is 0. The van der Waals surface area contributed by atoms with E-state index >= 15 is 0 Å². The van der Waals surface area contributed by atoms with Crippen LogP contribution in [0.25, 0.3) is 0 Å². The van der Waals surface area contributed by atoms with Crippen LogP contribution < -0.4 is 4.73 Å². The molecule has 0 bridgehead atoms.